The van der Waals surface area contributed by atoms with Crippen LogP contribution in [-0.2, 0) is 9.47 Å². The van der Waals surface area contributed by atoms with Gasteiger partial charge in [0, 0.05) is 12.1 Å². The molecule has 2 aromatic heterocycles. The first kappa shape index (κ1) is 17.1. The Morgan fingerprint density at radius 2 is 2.12 bits per heavy atom. The number of aromatic nitrogens is 3. The number of aliphatic hydroxyl groups is 2. The van der Waals surface area contributed by atoms with Crippen LogP contribution in [0.2, 0.25) is 0 Å². The Morgan fingerprint density at radius 1 is 1.42 bits per heavy atom. The standard InChI is InChI=1S/C16H24N4O4/c1-8-11(24-16(3,4)22)12(9(2)21)23-15(8)20-6-5-10-13(17)18-7-19-14(10)20/h5-9,11-12,15,21-22H,1-4H3,(H2,17,18,19). The van der Waals surface area contributed by atoms with Gasteiger partial charge in [-0.3, -0.25) is 0 Å². The molecule has 0 amide bonds. The molecule has 4 N–H and O–H groups in total. The lowest BCUT2D eigenvalue weighted by atomic mass is 9.98. The second-order valence-electron chi connectivity index (χ2n) is 6.84. The molecule has 5 unspecified atom stereocenters. The summed E-state index contributed by atoms with van der Waals surface area (Å²) in [6.07, 6.45) is 1.07. The van der Waals surface area contributed by atoms with E-state index in [0.29, 0.717) is 11.5 Å². The highest BCUT2D eigenvalue weighted by atomic mass is 16.7. The van der Waals surface area contributed by atoms with Crippen LogP contribution in [0.3, 0.4) is 0 Å². The number of hydrogen-bond acceptors (Lipinski definition) is 7. The Labute approximate surface area is 140 Å². The largest absolute Gasteiger partial charge is 0.391 e. The second kappa shape index (κ2) is 5.96. The lowest BCUT2D eigenvalue weighted by Gasteiger charge is -2.29. The van der Waals surface area contributed by atoms with Crippen molar-refractivity contribution in [2.45, 2.75) is 58.0 Å². The maximum Gasteiger partial charge on any atom is 0.160 e. The molecule has 0 aliphatic carbocycles. The normalized spacial score (nSPS) is 29.2. The van der Waals surface area contributed by atoms with Gasteiger partial charge in [0.1, 0.15) is 30.1 Å². The molecule has 0 aromatic carbocycles. The summed E-state index contributed by atoms with van der Waals surface area (Å²) < 4.78 is 13.7. The molecule has 8 nitrogen and oxygen atoms in total. The maximum atomic E-state index is 10.1. The molecular formula is C16H24N4O4. The molecule has 1 aliphatic rings. The summed E-state index contributed by atoms with van der Waals surface area (Å²) >= 11 is 0. The van der Waals surface area contributed by atoms with Gasteiger partial charge in [0.05, 0.1) is 17.6 Å². The van der Waals surface area contributed by atoms with Crippen molar-refractivity contribution < 1.29 is 19.7 Å². The highest BCUT2D eigenvalue weighted by Crippen LogP contribution is 2.40. The van der Waals surface area contributed by atoms with Crippen LogP contribution in [0.1, 0.15) is 33.9 Å². The monoisotopic (exact) mass is 336 g/mol. The van der Waals surface area contributed by atoms with Gasteiger partial charge in [0.15, 0.2) is 5.79 Å². The third-order valence-corrected chi connectivity index (χ3v) is 4.30. The van der Waals surface area contributed by atoms with Crippen molar-refractivity contribution in [2.75, 3.05) is 5.73 Å². The lowest BCUT2D eigenvalue weighted by molar-refractivity contribution is -0.226. The molecule has 1 saturated heterocycles. The van der Waals surface area contributed by atoms with E-state index < -0.39 is 30.3 Å². The highest BCUT2D eigenvalue weighted by Gasteiger charge is 2.47. The number of hydrogen-bond donors (Lipinski definition) is 3. The second-order valence-corrected chi connectivity index (χ2v) is 6.84. The van der Waals surface area contributed by atoms with Crippen LogP contribution in [0, 0.1) is 5.92 Å². The van der Waals surface area contributed by atoms with Gasteiger partial charge < -0.3 is 30.0 Å². The van der Waals surface area contributed by atoms with Crippen molar-refractivity contribution in [1.29, 1.82) is 0 Å². The van der Waals surface area contributed by atoms with E-state index in [1.54, 1.807) is 20.8 Å². The summed E-state index contributed by atoms with van der Waals surface area (Å²) in [5.41, 5.74) is 6.55. The van der Waals surface area contributed by atoms with Gasteiger partial charge in [-0.05, 0) is 26.8 Å². The molecule has 0 radical (unpaired) electrons. The fourth-order valence-corrected chi connectivity index (χ4v) is 3.23. The molecule has 132 valence electrons. The van der Waals surface area contributed by atoms with Crippen LogP contribution < -0.4 is 5.73 Å². The third-order valence-electron chi connectivity index (χ3n) is 4.30. The first-order chi connectivity index (χ1) is 11.2. The third kappa shape index (κ3) is 2.98. The van der Waals surface area contributed by atoms with Gasteiger partial charge in [-0.25, -0.2) is 9.97 Å². The molecule has 1 fully saturated rings. The summed E-state index contributed by atoms with van der Waals surface area (Å²) in [6.45, 7) is 6.73. The van der Waals surface area contributed by atoms with Crippen molar-refractivity contribution in [2.24, 2.45) is 5.92 Å². The Balaban J connectivity index is 1.97. The molecule has 3 rings (SSSR count). The molecule has 8 heteroatoms. The number of rotatable bonds is 4. The zero-order valence-corrected chi connectivity index (χ0v) is 14.2. The van der Waals surface area contributed by atoms with Crippen molar-refractivity contribution in [1.82, 2.24) is 14.5 Å². The molecule has 0 saturated carbocycles. The molecule has 5 atom stereocenters. The number of ether oxygens (including phenoxy) is 2. The number of aliphatic hydroxyl groups excluding tert-OH is 1. The lowest BCUT2D eigenvalue weighted by Crippen LogP contribution is -2.42. The number of nitrogens with zero attached hydrogens (tertiary/aromatic N) is 3. The minimum absolute atomic E-state index is 0.122. The van der Waals surface area contributed by atoms with Crippen LogP contribution >= 0.6 is 0 Å². The summed E-state index contributed by atoms with van der Waals surface area (Å²) in [4.78, 5) is 8.28. The molecule has 2 aromatic rings. The Kier molecular flexibility index (Phi) is 4.25. The fraction of sp³-hybridized carbons (Fsp3) is 0.625. The number of fused-ring (bicyclic) bond motifs is 1. The van der Waals surface area contributed by atoms with Crippen LogP contribution in [0.15, 0.2) is 18.6 Å². The van der Waals surface area contributed by atoms with Crippen molar-refractivity contribution in [3.63, 3.8) is 0 Å². The average Bonchev–Trinajstić information content (AvgIpc) is 3.01. The number of nitrogens with two attached hydrogens (primary N) is 1. The first-order valence-electron chi connectivity index (χ1n) is 8.00. The highest BCUT2D eigenvalue weighted by molar-refractivity contribution is 5.86. The quantitative estimate of drug-likeness (QED) is 0.714. The summed E-state index contributed by atoms with van der Waals surface area (Å²) in [7, 11) is 0. The molecule has 24 heavy (non-hydrogen) atoms. The average molecular weight is 336 g/mol. The van der Waals surface area contributed by atoms with Crippen LogP contribution in [0.5, 0.6) is 0 Å². The predicted octanol–water partition coefficient (Wildman–Crippen LogP) is 1.04. The Hall–Kier alpha value is -1.74. The topological polar surface area (TPSA) is 116 Å². The van der Waals surface area contributed by atoms with E-state index in [1.165, 1.54) is 6.33 Å². The predicted molar refractivity (Wildman–Crippen MR) is 87.9 cm³/mol. The van der Waals surface area contributed by atoms with Gasteiger partial charge in [0.2, 0.25) is 0 Å². The summed E-state index contributed by atoms with van der Waals surface area (Å²) in [6, 6.07) is 1.84. The van der Waals surface area contributed by atoms with Crippen LogP contribution in [-0.4, -0.2) is 48.8 Å². The van der Waals surface area contributed by atoms with Crippen LogP contribution in [0.25, 0.3) is 11.0 Å². The van der Waals surface area contributed by atoms with E-state index in [1.807, 2.05) is 23.8 Å². The SMILES string of the molecule is CC(O)C1OC(n2ccc3c(N)ncnc32)C(C)C1OC(C)(C)O. The Bertz CT molecular complexity index is 724. The molecule has 1 aliphatic heterocycles. The zero-order chi connectivity index (χ0) is 17.6. The van der Waals surface area contributed by atoms with Gasteiger partial charge in [-0.15, -0.1) is 0 Å². The maximum absolute atomic E-state index is 10.1. The van der Waals surface area contributed by atoms with E-state index >= 15 is 0 Å². The molecule has 3 heterocycles. The van der Waals surface area contributed by atoms with E-state index in [-0.39, 0.29) is 5.92 Å². The van der Waals surface area contributed by atoms with Crippen molar-refractivity contribution in [3.05, 3.63) is 18.6 Å². The van der Waals surface area contributed by atoms with E-state index in [0.717, 1.165) is 5.39 Å². The molecule has 0 bridgehead atoms. The van der Waals surface area contributed by atoms with Gasteiger partial charge in [-0.1, -0.05) is 6.92 Å². The van der Waals surface area contributed by atoms with Crippen molar-refractivity contribution >= 4 is 16.9 Å². The van der Waals surface area contributed by atoms with Gasteiger partial charge >= 0.3 is 0 Å². The van der Waals surface area contributed by atoms with Gasteiger partial charge in [-0.2, -0.15) is 0 Å². The first-order valence-corrected chi connectivity index (χ1v) is 8.00. The van der Waals surface area contributed by atoms with Gasteiger partial charge in [0.25, 0.3) is 0 Å². The van der Waals surface area contributed by atoms with E-state index in [4.69, 9.17) is 15.2 Å². The minimum atomic E-state index is -1.32. The van der Waals surface area contributed by atoms with Crippen LogP contribution in [0.4, 0.5) is 5.82 Å². The Morgan fingerprint density at radius 3 is 2.75 bits per heavy atom. The summed E-state index contributed by atoms with van der Waals surface area (Å²) in [5, 5.41) is 20.8. The zero-order valence-electron chi connectivity index (χ0n) is 14.2. The van der Waals surface area contributed by atoms with E-state index in [2.05, 4.69) is 9.97 Å². The smallest absolute Gasteiger partial charge is 0.160 e. The summed E-state index contributed by atoms with van der Waals surface area (Å²) in [5.74, 6) is -1.04. The molecular weight excluding hydrogens is 312 g/mol. The van der Waals surface area contributed by atoms with E-state index in [9.17, 15) is 10.2 Å². The number of anilines is 1. The fourth-order valence-electron chi connectivity index (χ4n) is 3.23. The minimum Gasteiger partial charge on any atom is -0.391 e. The van der Waals surface area contributed by atoms with Crippen molar-refractivity contribution in [3.8, 4) is 0 Å². The number of nitrogen functional groups attached to an aromatic ring is 1. The molecule has 0 spiro atoms.